The van der Waals surface area contributed by atoms with Gasteiger partial charge in [0.1, 0.15) is 4.99 Å². The van der Waals surface area contributed by atoms with Crippen LogP contribution in [0.5, 0.6) is 0 Å². The van der Waals surface area contributed by atoms with Crippen LogP contribution in [0.25, 0.3) is 0 Å². The SMILES string of the molecule is NC(=S)c1ccc(C(=O)NCCNC(=O)C2CC2)cc1. The van der Waals surface area contributed by atoms with Crippen LogP contribution in [0.3, 0.4) is 0 Å². The number of benzene rings is 1. The second kappa shape index (κ2) is 6.47. The van der Waals surface area contributed by atoms with Crippen molar-refractivity contribution in [1.29, 1.82) is 0 Å². The third-order valence-electron chi connectivity index (χ3n) is 3.09. The summed E-state index contributed by atoms with van der Waals surface area (Å²) < 4.78 is 0. The first kappa shape index (κ1) is 14.5. The summed E-state index contributed by atoms with van der Waals surface area (Å²) in [7, 11) is 0. The average molecular weight is 291 g/mol. The molecule has 1 aliphatic carbocycles. The molecule has 106 valence electrons. The van der Waals surface area contributed by atoms with Crippen LogP contribution in [0.4, 0.5) is 0 Å². The maximum atomic E-state index is 11.8. The topological polar surface area (TPSA) is 84.2 Å². The third-order valence-corrected chi connectivity index (χ3v) is 3.33. The van der Waals surface area contributed by atoms with Crippen LogP contribution in [-0.2, 0) is 4.79 Å². The predicted octanol–water partition coefficient (Wildman–Crippen LogP) is 0.577. The number of amides is 2. The summed E-state index contributed by atoms with van der Waals surface area (Å²) in [6.45, 7) is 0.861. The smallest absolute Gasteiger partial charge is 0.251 e. The van der Waals surface area contributed by atoms with Gasteiger partial charge in [0.25, 0.3) is 5.91 Å². The maximum Gasteiger partial charge on any atom is 0.251 e. The lowest BCUT2D eigenvalue weighted by Gasteiger charge is -2.07. The van der Waals surface area contributed by atoms with Gasteiger partial charge in [-0.1, -0.05) is 24.4 Å². The Bertz CT molecular complexity index is 524. The molecule has 0 heterocycles. The lowest BCUT2D eigenvalue weighted by atomic mass is 10.1. The van der Waals surface area contributed by atoms with E-state index in [-0.39, 0.29) is 17.7 Å². The predicted molar refractivity (Wildman–Crippen MR) is 80.4 cm³/mol. The van der Waals surface area contributed by atoms with Gasteiger partial charge in [-0.2, -0.15) is 0 Å². The van der Waals surface area contributed by atoms with Gasteiger partial charge in [-0.15, -0.1) is 0 Å². The maximum absolute atomic E-state index is 11.8. The van der Waals surface area contributed by atoms with E-state index < -0.39 is 0 Å². The Balaban J connectivity index is 1.73. The minimum atomic E-state index is -0.180. The van der Waals surface area contributed by atoms with Crippen LogP contribution in [-0.4, -0.2) is 29.9 Å². The normalized spacial score (nSPS) is 13.6. The van der Waals surface area contributed by atoms with Crippen molar-refractivity contribution in [1.82, 2.24) is 10.6 Å². The Morgan fingerprint density at radius 1 is 1.10 bits per heavy atom. The van der Waals surface area contributed by atoms with E-state index in [1.807, 2.05) is 0 Å². The van der Waals surface area contributed by atoms with E-state index in [9.17, 15) is 9.59 Å². The van der Waals surface area contributed by atoms with Crippen molar-refractivity contribution in [2.45, 2.75) is 12.8 Å². The van der Waals surface area contributed by atoms with Crippen molar-refractivity contribution in [3.05, 3.63) is 35.4 Å². The van der Waals surface area contributed by atoms with Gasteiger partial charge in [0.05, 0.1) is 0 Å². The molecule has 2 rings (SSSR count). The Morgan fingerprint density at radius 3 is 2.20 bits per heavy atom. The molecule has 1 aromatic rings. The Hall–Kier alpha value is -1.95. The summed E-state index contributed by atoms with van der Waals surface area (Å²) >= 11 is 4.84. The molecular formula is C14H17N3O2S. The molecule has 0 atom stereocenters. The molecule has 20 heavy (non-hydrogen) atoms. The summed E-state index contributed by atoms with van der Waals surface area (Å²) in [6, 6.07) is 6.78. The molecule has 2 amide bonds. The standard InChI is InChI=1S/C14H17N3O2S/c15-12(20)9-1-3-10(4-2-9)13(18)16-7-8-17-14(19)11-5-6-11/h1-4,11H,5-8H2,(H2,15,20)(H,16,18)(H,17,19). The largest absolute Gasteiger partial charge is 0.389 e. The van der Waals surface area contributed by atoms with Crippen LogP contribution < -0.4 is 16.4 Å². The summed E-state index contributed by atoms with van der Waals surface area (Å²) in [4.78, 5) is 23.5. The molecule has 0 aliphatic heterocycles. The summed E-state index contributed by atoms with van der Waals surface area (Å²) in [5.74, 6) is 0.0959. The molecule has 1 aliphatic rings. The monoisotopic (exact) mass is 291 g/mol. The van der Waals surface area contributed by atoms with Gasteiger partial charge in [0, 0.05) is 30.1 Å². The summed E-state index contributed by atoms with van der Waals surface area (Å²) in [5.41, 5.74) is 6.76. The first-order valence-corrected chi connectivity index (χ1v) is 6.94. The van der Waals surface area contributed by atoms with Gasteiger partial charge < -0.3 is 16.4 Å². The van der Waals surface area contributed by atoms with E-state index in [1.165, 1.54) is 0 Å². The van der Waals surface area contributed by atoms with Gasteiger partial charge in [-0.05, 0) is 25.0 Å². The molecule has 1 fully saturated rings. The molecule has 0 spiro atoms. The Kier molecular flexibility index (Phi) is 4.68. The van der Waals surface area contributed by atoms with Crippen LogP contribution in [0.2, 0.25) is 0 Å². The number of carbonyl (C=O) groups is 2. The molecule has 1 saturated carbocycles. The third kappa shape index (κ3) is 4.03. The number of hydrogen-bond acceptors (Lipinski definition) is 3. The number of nitrogens with two attached hydrogens (primary N) is 1. The molecule has 4 N–H and O–H groups in total. The van der Waals surface area contributed by atoms with Crippen LogP contribution in [0.1, 0.15) is 28.8 Å². The lowest BCUT2D eigenvalue weighted by Crippen LogP contribution is -2.35. The van der Waals surface area contributed by atoms with Crippen LogP contribution in [0, 0.1) is 5.92 Å². The first-order valence-electron chi connectivity index (χ1n) is 6.53. The highest BCUT2D eigenvalue weighted by molar-refractivity contribution is 7.80. The van der Waals surface area contributed by atoms with E-state index in [2.05, 4.69) is 10.6 Å². The number of thiocarbonyl (C=S) groups is 1. The number of nitrogens with one attached hydrogen (secondary N) is 2. The summed E-state index contributed by atoms with van der Waals surface area (Å²) in [6.07, 6.45) is 1.96. The quantitative estimate of drug-likeness (QED) is 0.529. The van der Waals surface area contributed by atoms with Crippen LogP contribution >= 0.6 is 12.2 Å². The number of rotatable bonds is 6. The molecule has 0 bridgehead atoms. The fourth-order valence-electron chi connectivity index (χ4n) is 1.74. The molecule has 6 heteroatoms. The minimum Gasteiger partial charge on any atom is -0.389 e. The molecule has 0 aromatic heterocycles. The molecule has 0 saturated heterocycles. The second-order valence-corrected chi connectivity index (χ2v) is 5.20. The van der Waals surface area contributed by atoms with Crippen molar-refractivity contribution in [3.63, 3.8) is 0 Å². The Labute approximate surface area is 122 Å². The van der Waals surface area contributed by atoms with Gasteiger partial charge in [0.2, 0.25) is 5.91 Å². The fourth-order valence-corrected chi connectivity index (χ4v) is 1.88. The van der Waals surface area contributed by atoms with Gasteiger partial charge >= 0.3 is 0 Å². The summed E-state index contributed by atoms with van der Waals surface area (Å²) in [5, 5.41) is 5.53. The van der Waals surface area contributed by atoms with E-state index in [0.29, 0.717) is 23.6 Å². The zero-order valence-corrected chi connectivity index (χ0v) is 11.8. The van der Waals surface area contributed by atoms with Crippen molar-refractivity contribution in [2.75, 3.05) is 13.1 Å². The molecular weight excluding hydrogens is 274 g/mol. The van der Waals surface area contributed by atoms with Gasteiger partial charge in [0.15, 0.2) is 0 Å². The van der Waals surface area contributed by atoms with Gasteiger partial charge in [-0.25, -0.2) is 0 Å². The lowest BCUT2D eigenvalue weighted by molar-refractivity contribution is -0.122. The van der Waals surface area contributed by atoms with Crippen molar-refractivity contribution in [2.24, 2.45) is 11.7 Å². The molecule has 5 nitrogen and oxygen atoms in total. The highest BCUT2D eigenvalue weighted by atomic mass is 32.1. The number of carbonyl (C=O) groups excluding carboxylic acids is 2. The first-order chi connectivity index (χ1) is 9.58. The van der Waals surface area contributed by atoms with Crippen molar-refractivity contribution < 1.29 is 9.59 Å². The van der Waals surface area contributed by atoms with Gasteiger partial charge in [-0.3, -0.25) is 9.59 Å². The molecule has 1 aromatic carbocycles. The highest BCUT2D eigenvalue weighted by Crippen LogP contribution is 2.28. The highest BCUT2D eigenvalue weighted by Gasteiger charge is 2.28. The average Bonchev–Trinajstić information content (AvgIpc) is 3.27. The Morgan fingerprint density at radius 2 is 1.65 bits per heavy atom. The van der Waals surface area contributed by atoms with Crippen molar-refractivity contribution >= 4 is 29.0 Å². The van der Waals surface area contributed by atoms with E-state index in [1.54, 1.807) is 24.3 Å². The van der Waals surface area contributed by atoms with Crippen molar-refractivity contribution in [3.8, 4) is 0 Å². The van der Waals surface area contributed by atoms with E-state index in [0.717, 1.165) is 18.4 Å². The zero-order valence-electron chi connectivity index (χ0n) is 11.0. The molecule has 0 radical (unpaired) electrons. The fraction of sp³-hybridized carbons (Fsp3) is 0.357. The van der Waals surface area contributed by atoms with E-state index >= 15 is 0 Å². The van der Waals surface area contributed by atoms with E-state index in [4.69, 9.17) is 18.0 Å². The zero-order chi connectivity index (χ0) is 14.5. The minimum absolute atomic E-state index is 0.0834. The molecule has 0 unspecified atom stereocenters. The second-order valence-electron chi connectivity index (χ2n) is 4.76. The number of hydrogen-bond donors (Lipinski definition) is 3. The van der Waals surface area contributed by atoms with Crippen LogP contribution in [0.15, 0.2) is 24.3 Å².